The average molecular weight is 349 g/mol. The smallest absolute Gasteiger partial charge is 0.258 e. The Morgan fingerprint density at radius 1 is 1.17 bits per heavy atom. The molecule has 0 bridgehead atoms. The Bertz CT molecular complexity index is 883. The second-order valence-corrected chi connectivity index (χ2v) is 5.30. The van der Waals surface area contributed by atoms with Crippen molar-refractivity contribution >= 4 is 23.3 Å². The fourth-order valence-corrected chi connectivity index (χ4v) is 2.33. The number of hydrogen-bond acceptors (Lipinski definition) is 3. The van der Waals surface area contributed by atoms with Crippen LogP contribution < -0.4 is 5.32 Å². The van der Waals surface area contributed by atoms with E-state index in [9.17, 15) is 13.6 Å². The van der Waals surface area contributed by atoms with Crippen LogP contribution in [0, 0.1) is 11.6 Å². The number of anilines is 1. The number of nitrogens with one attached hydrogen (secondary N) is 1. The highest BCUT2D eigenvalue weighted by Gasteiger charge is 2.16. The lowest BCUT2D eigenvalue weighted by molar-refractivity contribution is 0.102. The van der Waals surface area contributed by atoms with Crippen LogP contribution in [0.1, 0.15) is 16.1 Å². The fraction of sp³-hybridized carbons (Fsp3) is 0.0625. The summed E-state index contributed by atoms with van der Waals surface area (Å²) in [7, 11) is 0. The Balaban J connectivity index is 1.81. The molecule has 8 heteroatoms. The van der Waals surface area contributed by atoms with E-state index in [1.165, 1.54) is 10.9 Å². The molecule has 0 fully saturated rings. The molecule has 24 heavy (non-hydrogen) atoms. The van der Waals surface area contributed by atoms with Gasteiger partial charge in [0.15, 0.2) is 11.6 Å². The number of pyridine rings is 1. The van der Waals surface area contributed by atoms with Crippen molar-refractivity contribution in [3.63, 3.8) is 0 Å². The molecule has 0 unspecified atom stereocenters. The van der Waals surface area contributed by atoms with Crippen molar-refractivity contribution in [1.29, 1.82) is 0 Å². The molecule has 5 nitrogen and oxygen atoms in total. The number of halogens is 3. The second-order valence-electron chi connectivity index (χ2n) is 4.90. The van der Waals surface area contributed by atoms with Crippen LogP contribution in [0.3, 0.4) is 0 Å². The first-order valence-electron chi connectivity index (χ1n) is 6.92. The summed E-state index contributed by atoms with van der Waals surface area (Å²) in [6, 6.07) is 8.54. The number of carbonyl (C=O) groups is 1. The van der Waals surface area contributed by atoms with Crippen LogP contribution in [0.4, 0.5) is 14.6 Å². The van der Waals surface area contributed by atoms with Gasteiger partial charge in [0.2, 0.25) is 0 Å². The molecule has 122 valence electrons. The Hall–Kier alpha value is -2.80. The van der Waals surface area contributed by atoms with E-state index in [0.717, 1.165) is 17.8 Å². The first kappa shape index (κ1) is 16.1. The van der Waals surface area contributed by atoms with E-state index >= 15 is 0 Å². The SMILES string of the molecule is O=C(Nc1ccnn1Cc1ccccn1)c1cc(F)c(F)cc1Cl. The highest BCUT2D eigenvalue weighted by Crippen LogP contribution is 2.21. The topological polar surface area (TPSA) is 59.8 Å². The van der Waals surface area contributed by atoms with Gasteiger partial charge in [0.05, 0.1) is 29.0 Å². The largest absolute Gasteiger partial charge is 0.307 e. The normalized spacial score (nSPS) is 10.6. The lowest BCUT2D eigenvalue weighted by Gasteiger charge is -2.10. The van der Waals surface area contributed by atoms with Crippen molar-refractivity contribution in [2.45, 2.75) is 6.54 Å². The van der Waals surface area contributed by atoms with Crippen molar-refractivity contribution < 1.29 is 13.6 Å². The summed E-state index contributed by atoms with van der Waals surface area (Å²) in [5, 5.41) is 6.50. The van der Waals surface area contributed by atoms with Gasteiger partial charge in [0.25, 0.3) is 5.91 Å². The molecule has 0 spiro atoms. The van der Waals surface area contributed by atoms with Gasteiger partial charge < -0.3 is 5.32 Å². The van der Waals surface area contributed by atoms with Crippen LogP contribution in [0.25, 0.3) is 0 Å². The Kier molecular flexibility index (Phi) is 4.52. The molecule has 1 N–H and O–H groups in total. The Labute approximate surface area is 140 Å². The third kappa shape index (κ3) is 3.41. The third-order valence-electron chi connectivity index (χ3n) is 3.25. The number of amides is 1. The zero-order valence-corrected chi connectivity index (χ0v) is 13.0. The molecule has 1 amide bonds. The Morgan fingerprint density at radius 3 is 2.71 bits per heavy atom. The summed E-state index contributed by atoms with van der Waals surface area (Å²) in [6.45, 7) is 0.342. The second kappa shape index (κ2) is 6.76. The maximum Gasteiger partial charge on any atom is 0.258 e. The molecule has 0 aliphatic rings. The molecule has 0 saturated carbocycles. The van der Waals surface area contributed by atoms with Gasteiger partial charge in [-0.3, -0.25) is 9.78 Å². The van der Waals surface area contributed by atoms with Gasteiger partial charge in [-0.2, -0.15) is 5.10 Å². The van der Waals surface area contributed by atoms with E-state index in [0.29, 0.717) is 12.4 Å². The van der Waals surface area contributed by atoms with Crippen molar-refractivity contribution in [1.82, 2.24) is 14.8 Å². The molecule has 2 aromatic heterocycles. The molecule has 0 radical (unpaired) electrons. The van der Waals surface area contributed by atoms with Gasteiger partial charge in [-0.05, 0) is 24.3 Å². The average Bonchev–Trinajstić information content (AvgIpc) is 2.98. The minimum atomic E-state index is -1.15. The lowest BCUT2D eigenvalue weighted by Crippen LogP contribution is -2.17. The first-order chi connectivity index (χ1) is 11.5. The van der Waals surface area contributed by atoms with E-state index in [4.69, 9.17) is 11.6 Å². The number of carbonyl (C=O) groups excluding carboxylic acids is 1. The summed E-state index contributed by atoms with van der Waals surface area (Å²) in [4.78, 5) is 16.4. The molecular formula is C16H11ClF2N4O. The summed E-state index contributed by atoms with van der Waals surface area (Å²) in [6.07, 6.45) is 3.16. The predicted molar refractivity (Wildman–Crippen MR) is 84.9 cm³/mol. The zero-order chi connectivity index (χ0) is 17.1. The number of nitrogens with zero attached hydrogens (tertiary/aromatic N) is 3. The van der Waals surface area contributed by atoms with Crippen molar-refractivity contribution in [3.05, 3.63) is 76.7 Å². The Morgan fingerprint density at radius 2 is 1.96 bits per heavy atom. The van der Waals surface area contributed by atoms with Crippen LogP contribution in [0.5, 0.6) is 0 Å². The summed E-state index contributed by atoms with van der Waals surface area (Å²) in [5.74, 6) is -2.54. The lowest BCUT2D eigenvalue weighted by atomic mass is 10.2. The minimum absolute atomic E-state index is 0.166. The van der Waals surface area contributed by atoms with Crippen molar-refractivity contribution in [3.8, 4) is 0 Å². The summed E-state index contributed by atoms with van der Waals surface area (Å²) < 4.78 is 27.9. The number of benzene rings is 1. The van der Waals surface area contributed by atoms with Crippen LogP contribution in [0.15, 0.2) is 48.8 Å². The monoisotopic (exact) mass is 348 g/mol. The molecule has 0 aliphatic carbocycles. The molecular weight excluding hydrogens is 338 g/mol. The molecule has 0 saturated heterocycles. The van der Waals surface area contributed by atoms with Crippen LogP contribution in [0.2, 0.25) is 5.02 Å². The van der Waals surface area contributed by atoms with Gasteiger partial charge in [-0.25, -0.2) is 13.5 Å². The third-order valence-corrected chi connectivity index (χ3v) is 3.56. The van der Waals surface area contributed by atoms with Crippen LogP contribution >= 0.6 is 11.6 Å². The van der Waals surface area contributed by atoms with Crippen molar-refractivity contribution in [2.75, 3.05) is 5.32 Å². The molecule has 3 aromatic rings. The van der Waals surface area contributed by atoms with E-state index in [2.05, 4.69) is 15.4 Å². The minimum Gasteiger partial charge on any atom is -0.307 e. The zero-order valence-electron chi connectivity index (χ0n) is 12.2. The predicted octanol–water partition coefficient (Wildman–Crippen LogP) is 3.51. The number of hydrogen-bond donors (Lipinski definition) is 1. The van der Waals surface area contributed by atoms with Gasteiger partial charge >= 0.3 is 0 Å². The first-order valence-corrected chi connectivity index (χ1v) is 7.30. The molecule has 0 atom stereocenters. The fourth-order valence-electron chi connectivity index (χ4n) is 2.09. The van der Waals surface area contributed by atoms with Crippen LogP contribution in [-0.2, 0) is 6.54 Å². The standard InChI is InChI=1S/C16H11ClF2N4O/c17-12-8-14(19)13(18)7-11(12)16(24)22-15-4-6-21-23(15)9-10-3-1-2-5-20-10/h1-8H,9H2,(H,22,24). The maximum atomic E-state index is 13.3. The van der Waals surface area contributed by atoms with Gasteiger partial charge in [-0.15, -0.1) is 0 Å². The highest BCUT2D eigenvalue weighted by molar-refractivity contribution is 6.34. The number of aromatic nitrogens is 3. The highest BCUT2D eigenvalue weighted by atomic mass is 35.5. The maximum absolute atomic E-state index is 13.3. The van der Waals surface area contributed by atoms with E-state index in [-0.39, 0.29) is 10.6 Å². The summed E-state index contributed by atoms with van der Waals surface area (Å²) in [5.41, 5.74) is 0.587. The van der Waals surface area contributed by atoms with Crippen LogP contribution in [-0.4, -0.2) is 20.7 Å². The van der Waals surface area contributed by atoms with Gasteiger partial charge in [0.1, 0.15) is 5.82 Å². The van der Waals surface area contributed by atoms with E-state index in [1.807, 2.05) is 12.1 Å². The molecule has 2 heterocycles. The van der Waals surface area contributed by atoms with Crippen molar-refractivity contribution in [2.24, 2.45) is 0 Å². The molecule has 1 aromatic carbocycles. The van der Waals surface area contributed by atoms with E-state index in [1.54, 1.807) is 18.3 Å². The summed E-state index contributed by atoms with van der Waals surface area (Å²) >= 11 is 5.81. The van der Waals surface area contributed by atoms with E-state index < -0.39 is 17.5 Å². The quantitative estimate of drug-likeness (QED) is 0.734. The van der Waals surface area contributed by atoms with Gasteiger partial charge in [0, 0.05) is 12.3 Å². The van der Waals surface area contributed by atoms with Gasteiger partial charge in [-0.1, -0.05) is 17.7 Å². The molecule has 0 aliphatic heterocycles. The molecule has 3 rings (SSSR count). The number of rotatable bonds is 4.